The van der Waals surface area contributed by atoms with Gasteiger partial charge in [-0.1, -0.05) is 17.6 Å². The molecule has 0 spiro atoms. The predicted octanol–water partition coefficient (Wildman–Crippen LogP) is 3.00. The smallest absolute Gasteiger partial charge is 0.137 e. The fourth-order valence-corrected chi connectivity index (χ4v) is 4.09. The lowest BCUT2D eigenvalue weighted by atomic mass is 9.72. The molecule has 17 heavy (non-hydrogen) atoms. The van der Waals surface area contributed by atoms with Gasteiger partial charge in [0.15, 0.2) is 0 Å². The molecule has 0 aromatic carbocycles. The molecule has 3 atom stereocenters. The van der Waals surface area contributed by atoms with E-state index in [4.69, 9.17) is 0 Å². The van der Waals surface area contributed by atoms with E-state index < -0.39 is 0 Å². The van der Waals surface area contributed by atoms with Crippen LogP contribution in [0.2, 0.25) is 0 Å². The van der Waals surface area contributed by atoms with Gasteiger partial charge in [0, 0.05) is 12.8 Å². The molecule has 2 heteroatoms. The van der Waals surface area contributed by atoms with E-state index in [9.17, 15) is 9.90 Å². The summed E-state index contributed by atoms with van der Waals surface area (Å²) in [5.74, 6) is 1.67. The first-order valence-electron chi connectivity index (χ1n) is 7.13. The van der Waals surface area contributed by atoms with Gasteiger partial charge in [-0.15, -0.1) is 0 Å². The van der Waals surface area contributed by atoms with Crippen molar-refractivity contribution >= 4 is 5.78 Å². The van der Waals surface area contributed by atoms with E-state index in [1.54, 1.807) is 5.57 Å². The van der Waals surface area contributed by atoms with Crippen molar-refractivity contribution in [3.63, 3.8) is 0 Å². The quantitative estimate of drug-likeness (QED) is 0.708. The lowest BCUT2D eigenvalue weighted by Crippen LogP contribution is -2.27. The molecule has 0 radical (unpaired) electrons. The van der Waals surface area contributed by atoms with Gasteiger partial charge in [0.1, 0.15) is 5.78 Å². The lowest BCUT2D eigenvalue weighted by Gasteiger charge is -2.34. The summed E-state index contributed by atoms with van der Waals surface area (Å²) in [6.45, 7) is 0. The van der Waals surface area contributed by atoms with E-state index in [0.29, 0.717) is 17.6 Å². The van der Waals surface area contributed by atoms with E-state index in [1.165, 1.54) is 31.3 Å². The second-order valence-electron chi connectivity index (χ2n) is 6.09. The average molecular weight is 234 g/mol. The number of allylic oxidation sites excluding steroid dienone is 2. The number of carbonyl (C=O) groups is 1. The van der Waals surface area contributed by atoms with Crippen molar-refractivity contribution in [1.82, 2.24) is 0 Å². The van der Waals surface area contributed by atoms with Crippen LogP contribution in [0.5, 0.6) is 0 Å². The van der Waals surface area contributed by atoms with E-state index >= 15 is 0 Å². The Morgan fingerprint density at radius 2 is 1.88 bits per heavy atom. The Morgan fingerprint density at radius 3 is 2.65 bits per heavy atom. The van der Waals surface area contributed by atoms with Crippen LogP contribution in [0, 0.1) is 11.8 Å². The van der Waals surface area contributed by atoms with Crippen LogP contribution in [0.1, 0.15) is 57.8 Å². The Kier molecular flexibility index (Phi) is 3.08. The normalized spacial score (nSPS) is 38.4. The third-order valence-electron chi connectivity index (χ3n) is 5.08. The van der Waals surface area contributed by atoms with Gasteiger partial charge < -0.3 is 5.11 Å². The molecule has 0 aromatic rings. The molecule has 1 fully saturated rings. The summed E-state index contributed by atoms with van der Waals surface area (Å²) in [7, 11) is 0. The minimum atomic E-state index is -0.0487. The Balaban J connectivity index is 1.70. The summed E-state index contributed by atoms with van der Waals surface area (Å²) < 4.78 is 0. The van der Waals surface area contributed by atoms with Crippen molar-refractivity contribution in [2.75, 3.05) is 0 Å². The number of hydrogen-bond acceptors (Lipinski definition) is 2. The molecular formula is C15H22O2. The fourth-order valence-electron chi connectivity index (χ4n) is 4.09. The molecule has 0 aliphatic heterocycles. The molecule has 3 unspecified atom stereocenters. The number of hydrogen-bond donors (Lipinski definition) is 1. The lowest BCUT2D eigenvalue weighted by molar-refractivity contribution is -0.118. The second kappa shape index (κ2) is 4.56. The molecule has 0 aromatic heterocycles. The van der Waals surface area contributed by atoms with Crippen molar-refractivity contribution in [2.24, 2.45) is 11.8 Å². The van der Waals surface area contributed by atoms with Crippen molar-refractivity contribution in [3.05, 3.63) is 11.1 Å². The van der Waals surface area contributed by atoms with Gasteiger partial charge in [0.25, 0.3) is 0 Å². The molecule has 1 N–H and O–H groups in total. The molecule has 1 saturated carbocycles. The standard InChI is InChI=1S/C15H22O2/c16-13-7-6-10-8-12(5-4-11(10)9-13)14-2-1-3-15(14)17/h12,14-15,17H,1-9H2. The van der Waals surface area contributed by atoms with Crippen LogP contribution in [0.25, 0.3) is 0 Å². The topological polar surface area (TPSA) is 37.3 Å². The van der Waals surface area contributed by atoms with Gasteiger partial charge in [0.2, 0.25) is 0 Å². The van der Waals surface area contributed by atoms with Crippen molar-refractivity contribution in [1.29, 1.82) is 0 Å². The number of Topliss-reactive ketones (excluding diaryl/α,β-unsaturated/α-hetero) is 1. The maximum absolute atomic E-state index is 11.4. The highest BCUT2D eigenvalue weighted by Crippen LogP contribution is 2.44. The summed E-state index contributed by atoms with van der Waals surface area (Å²) in [5.41, 5.74) is 3.02. The first-order valence-corrected chi connectivity index (χ1v) is 7.13. The zero-order chi connectivity index (χ0) is 11.8. The number of aliphatic hydroxyl groups excluding tert-OH is 1. The zero-order valence-electron chi connectivity index (χ0n) is 10.5. The molecular weight excluding hydrogens is 212 g/mol. The Bertz CT molecular complexity index is 356. The minimum absolute atomic E-state index is 0.0487. The third kappa shape index (κ3) is 2.20. The Morgan fingerprint density at radius 1 is 1.00 bits per heavy atom. The van der Waals surface area contributed by atoms with Gasteiger partial charge in [0.05, 0.1) is 6.10 Å². The van der Waals surface area contributed by atoms with Crippen LogP contribution in [0.4, 0.5) is 0 Å². The average Bonchev–Trinajstić information content (AvgIpc) is 2.75. The number of ketones is 1. The van der Waals surface area contributed by atoms with Crippen molar-refractivity contribution in [3.8, 4) is 0 Å². The molecule has 3 rings (SSSR count). The second-order valence-corrected chi connectivity index (χ2v) is 6.09. The van der Waals surface area contributed by atoms with Gasteiger partial charge in [-0.2, -0.15) is 0 Å². The highest BCUT2D eigenvalue weighted by molar-refractivity contribution is 5.82. The Labute approximate surface area is 103 Å². The summed E-state index contributed by atoms with van der Waals surface area (Å²) >= 11 is 0. The summed E-state index contributed by atoms with van der Waals surface area (Å²) in [5, 5.41) is 10.0. The number of rotatable bonds is 1. The number of aliphatic hydroxyl groups is 1. The molecule has 0 saturated heterocycles. The molecule has 94 valence electrons. The van der Waals surface area contributed by atoms with Crippen LogP contribution in [-0.2, 0) is 4.79 Å². The van der Waals surface area contributed by atoms with Gasteiger partial charge in [-0.05, 0) is 50.4 Å². The molecule has 3 aliphatic carbocycles. The van der Waals surface area contributed by atoms with Crippen LogP contribution in [0.15, 0.2) is 11.1 Å². The molecule has 2 nitrogen and oxygen atoms in total. The van der Waals surface area contributed by atoms with Gasteiger partial charge in [-0.25, -0.2) is 0 Å². The first-order chi connectivity index (χ1) is 8.24. The van der Waals surface area contributed by atoms with E-state index in [-0.39, 0.29) is 6.10 Å². The first kappa shape index (κ1) is 11.5. The van der Waals surface area contributed by atoms with Crippen molar-refractivity contribution < 1.29 is 9.90 Å². The maximum Gasteiger partial charge on any atom is 0.137 e. The summed E-state index contributed by atoms with van der Waals surface area (Å²) in [4.78, 5) is 11.4. The monoisotopic (exact) mass is 234 g/mol. The highest BCUT2D eigenvalue weighted by Gasteiger charge is 2.35. The molecule has 0 heterocycles. The predicted molar refractivity (Wildman–Crippen MR) is 66.6 cm³/mol. The van der Waals surface area contributed by atoms with Crippen LogP contribution in [-0.4, -0.2) is 17.0 Å². The Hall–Kier alpha value is -0.630. The van der Waals surface area contributed by atoms with Gasteiger partial charge >= 0.3 is 0 Å². The molecule has 0 amide bonds. The SMILES string of the molecule is O=C1CCC2=C(CCC(C3CCCC3O)C2)C1. The maximum atomic E-state index is 11.4. The largest absolute Gasteiger partial charge is 0.393 e. The third-order valence-corrected chi connectivity index (χ3v) is 5.08. The van der Waals surface area contributed by atoms with Crippen LogP contribution in [0.3, 0.4) is 0 Å². The van der Waals surface area contributed by atoms with E-state index in [1.807, 2.05) is 0 Å². The molecule has 0 bridgehead atoms. The summed E-state index contributed by atoms with van der Waals surface area (Å²) in [6, 6.07) is 0. The number of carbonyl (C=O) groups excluding carboxylic acids is 1. The fraction of sp³-hybridized carbons (Fsp3) is 0.800. The van der Waals surface area contributed by atoms with Crippen molar-refractivity contribution in [2.45, 2.75) is 63.9 Å². The minimum Gasteiger partial charge on any atom is -0.393 e. The van der Waals surface area contributed by atoms with E-state index in [0.717, 1.165) is 32.1 Å². The van der Waals surface area contributed by atoms with E-state index in [2.05, 4.69) is 0 Å². The zero-order valence-corrected chi connectivity index (χ0v) is 10.5. The van der Waals surface area contributed by atoms with Gasteiger partial charge in [-0.3, -0.25) is 4.79 Å². The van der Waals surface area contributed by atoms with Crippen LogP contribution >= 0.6 is 0 Å². The highest BCUT2D eigenvalue weighted by atomic mass is 16.3. The van der Waals surface area contributed by atoms with Crippen LogP contribution < -0.4 is 0 Å². The summed E-state index contributed by atoms with van der Waals surface area (Å²) in [6.07, 6.45) is 9.37. The molecule has 3 aliphatic rings.